The van der Waals surface area contributed by atoms with Crippen LogP contribution in [0.1, 0.15) is 65.7 Å². The van der Waals surface area contributed by atoms with Crippen LogP contribution in [0, 0.1) is 11.8 Å². The molecule has 0 aromatic rings. The van der Waals surface area contributed by atoms with Gasteiger partial charge in [-0.25, -0.2) is 0 Å². The van der Waals surface area contributed by atoms with Gasteiger partial charge >= 0.3 is 0 Å². The second-order valence-corrected chi connectivity index (χ2v) is 8.67. The number of ether oxygens (including phenoxy) is 1. The summed E-state index contributed by atoms with van der Waals surface area (Å²) in [7, 11) is 0. The third-order valence-corrected chi connectivity index (χ3v) is 6.60. The summed E-state index contributed by atoms with van der Waals surface area (Å²) in [6, 6.07) is 0. The highest BCUT2D eigenvalue weighted by Crippen LogP contribution is 2.54. The quantitative estimate of drug-likeness (QED) is 0.631. The molecule has 3 N–H and O–H groups in total. The van der Waals surface area contributed by atoms with E-state index in [0.29, 0.717) is 36.5 Å². The van der Waals surface area contributed by atoms with Gasteiger partial charge in [0.15, 0.2) is 5.78 Å². The van der Waals surface area contributed by atoms with Crippen molar-refractivity contribution >= 4 is 5.78 Å². The monoisotopic (exact) mass is 364 g/mol. The van der Waals surface area contributed by atoms with E-state index in [4.69, 9.17) is 4.74 Å². The molecule has 1 heterocycles. The fourth-order valence-electron chi connectivity index (χ4n) is 4.71. The summed E-state index contributed by atoms with van der Waals surface area (Å²) in [4.78, 5) is 12.4. The van der Waals surface area contributed by atoms with Gasteiger partial charge < -0.3 is 20.1 Å². The van der Waals surface area contributed by atoms with Gasteiger partial charge in [-0.15, -0.1) is 0 Å². The van der Waals surface area contributed by atoms with Crippen LogP contribution in [0.3, 0.4) is 0 Å². The van der Waals surface area contributed by atoms with Crippen LogP contribution in [0.25, 0.3) is 0 Å². The lowest BCUT2D eigenvalue weighted by Gasteiger charge is -2.48. The summed E-state index contributed by atoms with van der Waals surface area (Å²) in [6.07, 6.45) is 5.79. The highest BCUT2D eigenvalue weighted by atomic mass is 16.5. The lowest BCUT2D eigenvalue weighted by molar-refractivity contribution is -0.151. The molecule has 0 spiro atoms. The molecule has 0 fully saturated rings. The van der Waals surface area contributed by atoms with Gasteiger partial charge in [0.05, 0.1) is 0 Å². The fraction of sp³-hybridized carbons (Fsp3) is 0.762. The predicted octanol–water partition coefficient (Wildman–Crippen LogP) is 2.64. The van der Waals surface area contributed by atoms with Crippen LogP contribution < -0.4 is 0 Å². The summed E-state index contributed by atoms with van der Waals surface area (Å²) in [5.74, 6) is 0.839. The number of Topliss-reactive ketones (excluding diaryl/α,β-unsaturated/α-hetero) is 1. The predicted molar refractivity (Wildman–Crippen MR) is 98.3 cm³/mol. The maximum Gasteiger partial charge on any atom is 0.190 e. The average molecular weight is 364 g/mol. The Morgan fingerprint density at radius 1 is 1.35 bits per heavy atom. The van der Waals surface area contributed by atoms with E-state index >= 15 is 0 Å². The molecule has 146 valence electrons. The second-order valence-electron chi connectivity index (χ2n) is 8.67. The van der Waals surface area contributed by atoms with Crippen molar-refractivity contribution in [1.29, 1.82) is 0 Å². The Balaban J connectivity index is 1.77. The van der Waals surface area contributed by atoms with Crippen LogP contribution in [-0.2, 0) is 9.53 Å². The molecule has 5 nitrogen and oxygen atoms in total. The maximum absolute atomic E-state index is 12.4. The molecule has 0 aromatic carbocycles. The Bertz CT molecular complexity index is 636. The third-order valence-electron chi connectivity index (χ3n) is 6.60. The molecule has 0 aromatic heterocycles. The van der Waals surface area contributed by atoms with Crippen molar-refractivity contribution in [2.45, 2.75) is 83.0 Å². The van der Waals surface area contributed by atoms with E-state index in [2.05, 4.69) is 13.0 Å². The van der Waals surface area contributed by atoms with E-state index < -0.39 is 17.3 Å². The Morgan fingerprint density at radius 3 is 2.77 bits per heavy atom. The summed E-state index contributed by atoms with van der Waals surface area (Å²) < 4.78 is 6.18. The number of rotatable bonds is 6. The van der Waals surface area contributed by atoms with Crippen LogP contribution in [0.2, 0.25) is 0 Å². The topological polar surface area (TPSA) is 87.0 Å². The molecular formula is C21H32O5. The number of carbonyl (C=O) groups is 1. The van der Waals surface area contributed by atoms with Crippen molar-refractivity contribution in [3.8, 4) is 0 Å². The number of aliphatic hydroxyl groups excluding tert-OH is 2. The van der Waals surface area contributed by atoms with Gasteiger partial charge in [0, 0.05) is 31.4 Å². The second kappa shape index (κ2) is 7.10. The van der Waals surface area contributed by atoms with Crippen LogP contribution in [0.4, 0.5) is 0 Å². The Morgan fingerprint density at radius 2 is 2.08 bits per heavy atom. The summed E-state index contributed by atoms with van der Waals surface area (Å²) in [5.41, 5.74) is -0.509. The van der Waals surface area contributed by atoms with Crippen molar-refractivity contribution in [2.24, 2.45) is 11.8 Å². The minimum absolute atomic E-state index is 0.182. The highest BCUT2D eigenvalue weighted by Gasteiger charge is 2.59. The number of carbonyl (C=O) groups excluding carboxylic acids is 1. The molecule has 0 unspecified atom stereocenters. The maximum atomic E-state index is 12.4. The van der Waals surface area contributed by atoms with E-state index in [1.165, 1.54) is 0 Å². The SMILES string of the molecule is C[C@H](CO)CCC[C@@H](C)C1=CC[C@]2(C)OC3=C(C[C@]12O)C(=O)[C@@H](O)CC3. The molecule has 5 heteroatoms. The summed E-state index contributed by atoms with van der Waals surface area (Å²) >= 11 is 0. The van der Waals surface area contributed by atoms with E-state index in [-0.39, 0.29) is 24.7 Å². The van der Waals surface area contributed by atoms with Gasteiger partial charge in [-0.05, 0) is 43.6 Å². The van der Waals surface area contributed by atoms with E-state index in [1.54, 1.807) is 0 Å². The zero-order valence-electron chi connectivity index (χ0n) is 16.1. The Labute approximate surface area is 155 Å². The number of allylic oxidation sites excluding steroid dienone is 1. The molecule has 1 aliphatic heterocycles. The fourth-order valence-corrected chi connectivity index (χ4v) is 4.71. The largest absolute Gasteiger partial charge is 0.488 e. The molecule has 0 saturated heterocycles. The molecule has 3 rings (SSSR count). The van der Waals surface area contributed by atoms with Crippen molar-refractivity contribution < 1.29 is 24.9 Å². The summed E-state index contributed by atoms with van der Waals surface area (Å²) in [6.45, 7) is 6.28. The van der Waals surface area contributed by atoms with E-state index in [9.17, 15) is 20.1 Å². The minimum Gasteiger partial charge on any atom is -0.488 e. The standard InChI is InChI=1S/C21H32O5/c1-13(12-22)5-4-6-14(2)16-9-10-20(3)21(16,25)11-15-18(26-20)8-7-17(23)19(15)24/h9,13-14,17,22-23,25H,4-8,10-12H2,1-3H3/t13-,14+,17-,20-,21-/m0/s1. The number of hydrogen-bond acceptors (Lipinski definition) is 5. The molecular weight excluding hydrogens is 332 g/mol. The normalized spacial score (nSPS) is 36.2. The number of ketones is 1. The van der Waals surface area contributed by atoms with Crippen LogP contribution in [0.15, 0.2) is 23.0 Å². The molecule has 5 atom stereocenters. The average Bonchev–Trinajstić information content (AvgIpc) is 2.87. The van der Waals surface area contributed by atoms with Crippen molar-refractivity contribution in [3.63, 3.8) is 0 Å². The van der Waals surface area contributed by atoms with Gasteiger partial charge in [0.2, 0.25) is 0 Å². The Kier molecular flexibility index (Phi) is 5.35. The van der Waals surface area contributed by atoms with Gasteiger partial charge in [0.25, 0.3) is 0 Å². The van der Waals surface area contributed by atoms with Gasteiger partial charge in [-0.2, -0.15) is 0 Å². The lowest BCUT2D eigenvalue weighted by Crippen LogP contribution is -2.56. The van der Waals surface area contributed by atoms with Crippen LogP contribution in [0.5, 0.6) is 0 Å². The highest BCUT2D eigenvalue weighted by molar-refractivity contribution is 6.00. The molecule has 0 bridgehead atoms. The van der Waals surface area contributed by atoms with E-state index in [0.717, 1.165) is 24.8 Å². The zero-order valence-corrected chi connectivity index (χ0v) is 16.1. The van der Waals surface area contributed by atoms with Crippen molar-refractivity contribution in [2.75, 3.05) is 6.61 Å². The first kappa shape index (κ1) is 19.6. The first-order valence-corrected chi connectivity index (χ1v) is 9.89. The smallest absolute Gasteiger partial charge is 0.190 e. The number of hydrogen-bond donors (Lipinski definition) is 3. The molecule has 3 aliphatic rings. The lowest BCUT2D eigenvalue weighted by atomic mass is 9.70. The molecule has 0 saturated carbocycles. The van der Waals surface area contributed by atoms with Crippen molar-refractivity contribution in [3.05, 3.63) is 23.0 Å². The molecule has 26 heavy (non-hydrogen) atoms. The molecule has 0 amide bonds. The number of aliphatic hydroxyl groups is 3. The van der Waals surface area contributed by atoms with Gasteiger partial charge in [-0.3, -0.25) is 4.79 Å². The van der Waals surface area contributed by atoms with Gasteiger partial charge in [-0.1, -0.05) is 26.3 Å². The molecule has 0 radical (unpaired) electrons. The zero-order chi connectivity index (χ0) is 19.1. The minimum atomic E-state index is -1.19. The summed E-state index contributed by atoms with van der Waals surface area (Å²) in [5, 5.41) is 30.7. The van der Waals surface area contributed by atoms with Crippen LogP contribution in [-0.4, -0.2) is 45.0 Å². The molecule has 2 aliphatic carbocycles. The van der Waals surface area contributed by atoms with E-state index in [1.807, 2.05) is 13.8 Å². The van der Waals surface area contributed by atoms with Crippen molar-refractivity contribution in [1.82, 2.24) is 0 Å². The van der Waals surface area contributed by atoms with Gasteiger partial charge in [0.1, 0.15) is 23.1 Å². The third kappa shape index (κ3) is 3.14. The Hall–Kier alpha value is -1.17. The first-order valence-electron chi connectivity index (χ1n) is 9.89. The first-order chi connectivity index (χ1) is 12.2. The van der Waals surface area contributed by atoms with Crippen LogP contribution >= 0.6 is 0 Å². The number of fused-ring (bicyclic) bond motifs is 1.